The summed E-state index contributed by atoms with van der Waals surface area (Å²) in [5, 5.41) is 25.8. The van der Waals surface area contributed by atoms with Gasteiger partial charge < -0.3 is 31.2 Å². The fourth-order valence-corrected chi connectivity index (χ4v) is 4.43. The van der Waals surface area contributed by atoms with Crippen molar-refractivity contribution in [3.63, 3.8) is 0 Å². The lowest BCUT2D eigenvalue weighted by atomic mass is 9.72. The van der Waals surface area contributed by atoms with Crippen molar-refractivity contribution >= 4 is 19.0 Å². The Balaban J connectivity index is 1.53. The highest BCUT2D eigenvalue weighted by Crippen LogP contribution is 2.32. The lowest BCUT2D eigenvalue weighted by molar-refractivity contribution is -0.122. The van der Waals surface area contributed by atoms with Gasteiger partial charge in [-0.1, -0.05) is 18.6 Å². The van der Waals surface area contributed by atoms with Crippen LogP contribution < -0.4 is 21.0 Å². The monoisotopic (exact) mass is 403 g/mol. The van der Waals surface area contributed by atoms with Crippen molar-refractivity contribution in [2.45, 2.75) is 44.5 Å². The van der Waals surface area contributed by atoms with Crippen LogP contribution in [-0.2, 0) is 11.2 Å². The highest BCUT2D eigenvalue weighted by Gasteiger charge is 2.38. The van der Waals surface area contributed by atoms with E-state index in [4.69, 9.17) is 10.4 Å². The summed E-state index contributed by atoms with van der Waals surface area (Å²) >= 11 is 0. The molecule has 158 valence electrons. The Morgan fingerprint density at radius 2 is 2.07 bits per heavy atom. The number of carbonyl (C=O) groups is 2. The van der Waals surface area contributed by atoms with Gasteiger partial charge in [-0.2, -0.15) is 0 Å². The maximum atomic E-state index is 12.6. The van der Waals surface area contributed by atoms with Gasteiger partial charge in [0.1, 0.15) is 5.75 Å². The zero-order valence-electron chi connectivity index (χ0n) is 16.6. The van der Waals surface area contributed by atoms with Gasteiger partial charge in [0, 0.05) is 19.5 Å². The summed E-state index contributed by atoms with van der Waals surface area (Å²) in [5.41, 5.74) is 6.20. The molecule has 1 amide bonds. The van der Waals surface area contributed by atoms with Crippen LogP contribution in [0.5, 0.6) is 5.75 Å². The van der Waals surface area contributed by atoms with Crippen molar-refractivity contribution in [2.24, 2.45) is 17.6 Å². The predicted octanol–water partition coefficient (Wildman–Crippen LogP) is 0.569. The van der Waals surface area contributed by atoms with Crippen LogP contribution in [-0.4, -0.2) is 54.7 Å². The van der Waals surface area contributed by atoms with Crippen LogP contribution in [0.15, 0.2) is 18.2 Å². The zero-order valence-corrected chi connectivity index (χ0v) is 16.6. The third-order valence-electron chi connectivity index (χ3n) is 5.82. The molecule has 1 aliphatic carbocycles. The Bertz CT molecular complexity index is 732. The van der Waals surface area contributed by atoms with Crippen LogP contribution in [0.25, 0.3) is 0 Å². The second-order valence-electron chi connectivity index (χ2n) is 8.08. The van der Waals surface area contributed by atoms with Gasteiger partial charge in [0.2, 0.25) is 5.91 Å². The van der Waals surface area contributed by atoms with Gasteiger partial charge in [-0.25, -0.2) is 4.79 Å². The Kier molecular flexibility index (Phi) is 7.52. The SMILES string of the molecule is NCCNCC1CCCC(CC(=O)NC2Cc3cccc(C(=O)O)c3OB2O)C1. The lowest BCUT2D eigenvalue weighted by Gasteiger charge is -2.31. The van der Waals surface area contributed by atoms with E-state index in [1.54, 1.807) is 12.1 Å². The van der Waals surface area contributed by atoms with E-state index in [0.717, 1.165) is 32.4 Å². The van der Waals surface area contributed by atoms with E-state index in [1.165, 1.54) is 12.5 Å². The highest BCUT2D eigenvalue weighted by molar-refractivity contribution is 6.47. The number of nitrogens with one attached hydrogen (secondary N) is 2. The quantitative estimate of drug-likeness (QED) is 0.316. The Hall–Kier alpha value is -2.10. The normalized spacial score (nSPS) is 23.8. The number of amides is 1. The van der Waals surface area contributed by atoms with Crippen molar-refractivity contribution in [3.05, 3.63) is 29.3 Å². The third kappa shape index (κ3) is 5.71. The van der Waals surface area contributed by atoms with Crippen LogP contribution in [0.3, 0.4) is 0 Å². The topological polar surface area (TPSA) is 134 Å². The summed E-state index contributed by atoms with van der Waals surface area (Å²) in [5.74, 6) is -0.720. The second-order valence-corrected chi connectivity index (χ2v) is 8.08. The number of nitrogens with two attached hydrogens (primary N) is 1. The van der Waals surface area contributed by atoms with E-state index in [9.17, 15) is 19.7 Å². The molecular weight excluding hydrogens is 373 g/mol. The molecule has 3 atom stereocenters. The van der Waals surface area contributed by atoms with E-state index < -0.39 is 19.0 Å². The molecule has 1 saturated carbocycles. The maximum absolute atomic E-state index is 12.6. The molecule has 1 fully saturated rings. The summed E-state index contributed by atoms with van der Waals surface area (Å²) in [6.45, 7) is 2.38. The number of aromatic carboxylic acids is 1. The number of carboxylic acids is 1. The molecule has 0 radical (unpaired) electrons. The molecule has 0 spiro atoms. The van der Waals surface area contributed by atoms with Gasteiger partial charge in [0.15, 0.2) is 0 Å². The summed E-state index contributed by atoms with van der Waals surface area (Å²) in [4.78, 5) is 23.9. The molecule has 3 unspecified atom stereocenters. The molecule has 0 aromatic heterocycles. The largest absolute Gasteiger partial charge is 0.547 e. The lowest BCUT2D eigenvalue weighted by Crippen LogP contribution is -2.53. The number of para-hydroxylation sites is 1. The van der Waals surface area contributed by atoms with E-state index in [2.05, 4.69) is 10.6 Å². The van der Waals surface area contributed by atoms with Gasteiger partial charge in [-0.3, -0.25) is 4.79 Å². The van der Waals surface area contributed by atoms with Crippen LogP contribution in [0.2, 0.25) is 0 Å². The van der Waals surface area contributed by atoms with Gasteiger partial charge in [-0.15, -0.1) is 0 Å². The smallest absolute Gasteiger partial charge is 0.534 e. The average Bonchev–Trinajstić information content (AvgIpc) is 2.68. The predicted molar refractivity (Wildman–Crippen MR) is 110 cm³/mol. The van der Waals surface area contributed by atoms with E-state index >= 15 is 0 Å². The first-order valence-electron chi connectivity index (χ1n) is 10.4. The minimum Gasteiger partial charge on any atom is -0.534 e. The summed E-state index contributed by atoms with van der Waals surface area (Å²) in [6, 6.07) is 4.84. The first kappa shape index (κ1) is 21.6. The summed E-state index contributed by atoms with van der Waals surface area (Å²) < 4.78 is 5.44. The van der Waals surface area contributed by atoms with E-state index in [0.29, 0.717) is 36.8 Å². The van der Waals surface area contributed by atoms with Crippen LogP contribution in [0.4, 0.5) is 0 Å². The Morgan fingerprint density at radius 1 is 1.28 bits per heavy atom. The number of hydrogen-bond donors (Lipinski definition) is 5. The van der Waals surface area contributed by atoms with Gasteiger partial charge in [0.05, 0.1) is 11.5 Å². The molecule has 6 N–H and O–H groups in total. The van der Waals surface area contributed by atoms with Crippen LogP contribution >= 0.6 is 0 Å². The minimum atomic E-state index is -1.27. The number of fused-ring (bicyclic) bond motifs is 1. The van der Waals surface area contributed by atoms with Crippen molar-refractivity contribution in [2.75, 3.05) is 19.6 Å². The number of hydrogen-bond acceptors (Lipinski definition) is 6. The highest BCUT2D eigenvalue weighted by atomic mass is 16.5. The molecule has 0 bridgehead atoms. The summed E-state index contributed by atoms with van der Waals surface area (Å²) in [7, 11) is -1.27. The molecule has 1 aliphatic heterocycles. The first-order chi connectivity index (χ1) is 14.0. The standard InChI is InChI=1S/C20H30BN3O5/c22-7-8-23-12-14-4-1-3-13(9-14)10-18(25)24-17-11-15-5-2-6-16(20(26)27)19(15)29-21(17)28/h2,5-6,13-14,17,23,28H,1,3-4,7-12,22H2,(H,24,25)(H,26,27). The van der Waals surface area contributed by atoms with Crippen LogP contribution in [0.1, 0.15) is 48.0 Å². The Labute approximate surface area is 171 Å². The molecule has 3 rings (SSSR count). The first-order valence-corrected chi connectivity index (χ1v) is 10.4. The second kappa shape index (κ2) is 10.1. The number of carboxylic acid groups (broad SMARTS) is 1. The van der Waals surface area contributed by atoms with Crippen molar-refractivity contribution < 1.29 is 24.4 Å². The minimum absolute atomic E-state index is 0.0165. The molecule has 9 heteroatoms. The fraction of sp³-hybridized carbons (Fsp3) is 0.600. The molecule has 1 aromatic rings. The van der Waals surface area contributed by atoms with Crippen LogP contribution in [0, 0.1) is 11.8 Å². The molecule has 1 heterocycles. The molecule has 29 heavy (non-hydrogen) atoms. The van der Waals surface area contributed by atoms with Gasteiger partial charge in [-0.05, 0) is 55.7 Å². The number of rotatable bonds is 8. The molecular formula is C20H30BN3O5. The van der Waals surface area contributed by atoms with Gasteiger partial charge >= 0.3 is 13.1 Å². The average molecular weight is 403 g/mol. The number of carbonyl (C=O) groups excluding carboxylic acids is 1. The van der Waals surface area contributed by atoms with Crippen molar-refractivity contribution in [1.29, 1.82) is 0 Å². The maximum Gasteiger partial charge on any atom is 0.547 e. The van der Waals surface area contributed by atoms with E-state index in [1.807, 2.05) is 0 Å². The fourth-order valence-electron chi connectivity index (χ4n) is 4.43. The number of benzene rings is 1. The summed E-state index contributed by atoms with van der Waals surface area (Å²) in [6.07, 6.45) is 5.11. The molecule has 1 aromatic carbocycles. The van der Waals surface area contributed by atoms with Gasteiger partial charge in [0.25, 0.3) is 0 Å². The molecule has 2 aliphatic rings. The zero-order chi connectivity index (χ0) is 20.8. The third-order valence-corrected chi connectivity index (χ3v) is 5.82. The molecule has 8 nitrogen and oxygen atoms in total. The molecule has 0 saturated heterocycles. The van der Waals surface area contributed by atoms with Crippen molar-refractivity contribution in [3.8, 4) is 5.75 Å². The van der Waals surface area contributed by atoms with E-state index in [-0.39, 0.29) is 17.2 Å². The van der Waals surface area contributed by atoms with Crippen molar-refractivity contribution in [1.82, 2.24) is 10.6 Å². The Morgan fingerprint density at radius 3 is 2.83 bits per heavy atom.